The number of hydrogen-bond donors (Lipinski definition) is 0. The minimum Gasteiger partial charge on any atom is -0.256 e. The SMILES string of the molecule is C(=Cc1ccc2cc(-c3cnc4ccccc4c3)ccc2c1)c1ccc2cc(-c3ccc(C=C(c4ccccc4)c4ccccc4)cc3)ccc2c1. The van der Waals surface area contributed by atoms with Crippen LogP contribution in [0.25, 0.3) is 78.5 Å². The van der Waals surface area contributed by atoms with Crippen molar-refractivity contribution in [2.75, 3.05) is 0 Å². The highest BCUT2D eigenvalue weighted by molar-refractivity contribution is 5.94. The molecule has 1 aromatic heterocycles. The minimum atomic E-state index is 1.02. The normalized spacial score (nSPS) is 11.4. The van der Waals surface area contributed by atoms with Gasteiger partial charge in [0.2, 0.25) is 0 Å². The number of rotatable bonds is 7. The molecule has 0 radical (unpaired) electrons. The molecule has 0 unspecified atom stereocenters. The maximum atomic E-state index is 4.66. The standard InChI is InChI=1S/C51H35N/c1-3-9-40(10-4-1)50(41-11-5-2-6-12-41)31-38-17-21-39(22-18-38)44-27-25-42-29-36(19-23-45(42)32-44)15-16-37-20-24-46-33-47(28-26-43(46)30-37)49-34-48-13-7-8-14-51(48)52-35-49/h1-35H. The lowest BCUT2D eigenvalue weighted by atomic mass is 9.95. The lowest BCUT2D eigenvalue weighted by molar-refractivity contribution is 1.41. The van der Waals surface area contributed by atoms with Crippen molar-refractivity contribution < 1.29 is 0 Å². The molecular weight excluding hydrogens is 627 g/mol. The van der Waals surface area contributed by atoms with Gasteiger partial charge in [-0.3, -0.25) is 4.98 Å². The zero-order valence-corrected chi connectivity index (χ0v) is 28.7. The molecule has 0 fully saturated rings. The first kappa shape index (κ1) is 31.2. The third kappa shape index (κ3) is 6.56. The highest BCUT2D eigenvalue weighted by Crippen LogP contribution is 2.30. The molecule has 9 rings (SSSR count). The van der Waals surface area contributed by atoms with Crippen molar-refractivity contribution >= 4 is 56.2 Å². The van der Waals surface area contributed by atoms with Crippen LogP contribution in [0, 0.1) is 0 Å². The van der Waals surface area contributed by atoms with Crippen LogP contribution in [0.5, 0.6) is 0 Å². The van der Waals surface area contributed by atoms with Gasteiger partial charge < -0.3 is 0 Å². The maximum Gasteiger partial charge on any atom is 0.0702 e. The van der Waals surface area contributed by atoms with E-state index in [1.54, 1.807) is 0 Å². The van der Waals surface area contributed by atoms with Crippen LogP contribution in [0.2, 0.25) is 0 Å². The summed E-state index contributed by atoms with van der Waals surface area (Å²) in [5.41, 5.74) is 12.9. The molecule has 0 aliphatic heterocycles. The Balaban J connectivity index is 0.920. The van der Waals surface area contributed by atoms with Gasteiger partial charge in [-0.1, -0.05) is 164 Å². The first-order valence-electron chi connectivity index (χ1n) is 17.8. The van der Waals surface area contributed by atoms with Crippen molar-refractivity contribution in [1.29, 1.82) is 0 Å². The molecule has 1 nitrogen and oxygen atoms in total. The fraction of sp³-hybridized carbons (Fsp3) is 0. The fourth-order valence-corrected chi connectivity index (χ4v) is 7.02. The Morgan fingerprint density at radius 3 is 1.42 bits per heavy atom. The number of fused-ring (bicyclic) bond motifs is 3. The highest BCUT2D eigenvalue weighted by atomic mass is 14.6. The van der Waals surface area contributed by atoms with Crippen molar-refractivity contribution in [2.45, 2.75) is 0 Å². The maximum absolute atomic E-state index is 4.66. The van der Waals surface area contributed by atoms with E-state index in [2.05, 4.69) is 205 Å². The number of hydrogen-bond acceptors (Lipinski definition) is 1. The summed E-state index contributed by atoms with van der Waals surface area (Å²) < 4.78 is 0. The molecule has 0 saturated carbocycles. The molecule has 9 aromatic rings. The van der Waals surface area contributed by atoms with E-state index >= 15 is 0 Å². The van der Waals surface area contributed by atoms with Crippen LogP contribution in [0.3, 0.4) is 0 Å². The van der Waals surface area contributed by atoms with Gasteiger partial charge in [0.15, 0.2) is 0 Å². The second kappa shape index (κ2) is 13.8. The van der Waals surface area contributed by atoms with Crippen molar-refractivity contribution in [3.05, 3.63) is 222 Å². The quantitative estimate of drug-likeness (QED) is 0.155. The van der Waals surface area contributed by atoms with Crippen LogP contribution in [0.15, 0.2) is 194 Å². The van der Waals surface area contributed by atoms with Gasteiger partial charge in [0.25, 0.3) is 0 Å². The number of benzene rings is 8. The Morgan fingerprint density at radius 1 is 0.346 bits per heavy atom. The molecule has 0 aliphatic rings. The van der Waals surface area contributed by atoms with E-state index in [4.69, 9.17) is 0 Å². The van der Waals surface area contributed by atoms with Crippen LogP contribution in [-0.2, 0) is 0 Å². The van der Waals surface area contributed by atoms with Crippen LogP contribution in [0.1, 0.15) is 27.8 Å². The summed E-state index contributed by atoms with van der Waals surface area (Å²) in [7, 11) is 0. The van der Waals surface area contributed by atoms with Gasteiger partial charge in [-0.2, -0.15) is 0 Å². The molecule has 244 valence electrons. The average molecular weight is 662 g/mol. The summed E-state index contributed by atoms with van der Waals surface area (Å²) >= 11 is 0. The van der Waals surface area contributed by atoms with E-state index in [9.17, 15) is 0 Å². The highest BCUT2D eigenvalue weighted by Gasteiger charge is 2.07. The van der Waals surface area contributed by atoms with E-state index in [0.29, 0.717) is 0 Å². The monoisotopic (exact) mass is 661 g/mol. The molecule has 1 heterocycles. The third-order valence-electron chi connectivity index (χ3n) is 9.85. The summed E-state index contributed by atoms with van der Waals surface area (Å²) in [4.78, 5) is 4.66. The van der Waals surface area contributed by atoms with E-state index in [0.717, 1.165) is 16.5 Å². The molecule has 0 saturated heterocycles. The average Bonchev–Trinajstić information content (AvgIpc) is 3.22. The lowest BCUT2D eigenvalue weighted by Gasteiger charge is -2.10. The summed E-state index contributed by atoms with van der Waals surface area (Å²) in [5, 5.41) is 6.07. The summed E-state index contributed by atoms with van der Waals surface area (Å²) in [5.74, 6) is 0. The Hall–Kier alpha value is -6.83. The van der Waals surface area contributed by atoms with E-state index < -0.39 is 0 Å². The van der Waals surface area contributed by atoms with Gasteiger partial charge in [0, 0.05) is 17.1 Å². The second-order valence-electron chi connectivity index (χ2n) is 13.3. The Kier molecular flexibility index (Phi) is 8.29. The Bertz CT molecular complexity index is 2710. The smallest absolute Gasteiger partial charge is 0.0702 e. The molecule has 0 amide bonds. The van der Waals surface area contributed by atoms with E-state index in [1.165, 1.54) is 71.6 Å². The predicted molar refractivity (Wildman–Crippen MR) is 223 cm³/mol. The van der Waals surface area contributed by atoms with Gasteiger partial charge in [-0.25, -0.2) is 0 Å². The molecule has 0 atom stereocenters. The lowest BCUT2D eigenvalue weighted by Crippen LogP contribution is -1.88. The number of aromatic nitrogens is 1. The summed E-state index contributed by atoms with van der Waals surface area (Å²) in [6.07, 6.45) is 8.65. The molecule has 0 spiro atoms. The zero-order chi connectivity index (χ0) is 34.7. The molecule has 52 heavy (non-hydrogen) atoms. The van der Waals surface area contributed by atoms with Crippen molar-refractivity contribution in [1.82, 2.24) is 4.98 Å². The van der Waals surface area contributed by atoms with E-state index in [-0.39, 0.29) is 0 Å². The molecule has 0 N–H and O–H groups in total. The zero-order valence-electron chi connectivity index (χ0n) is 28.7. The van der Waals surface area contributed by atoms with Crippen molar-refractivity contribution in [3.8, 4) is 22.3 Å². The molecule has 8 aromatic carbocycles. The van der Waals surface area contributed by atoms with Gasteiger partial charge in [-0.15, -0.1) is 0 Å². The summed E-state index contributed by atoms with van der Waals surface area (Å²) in [6.45, 7) is 0. The second-order valence-corrected chi connectivity index (χ2v) is 13.3. The minimum absolute atomic E-state index is 1.02. The van der Waals surface area contributed by atoms with Crippen LogP contribution in [0.4, 0.5) is 0 Å². The number of pyridine rings is 1. The molecular formula is C51H35N. The van der Waals surface area contributed by atoms with Gasteiger partial charge in [0.05, 0.1) is 5.52 Å². The fourth-order valence-electron chi connectivity index (χ4n) is 7.02. The van der Waals surface area contributed by atoms with Gasteiger partial charge in [-0.05, 0) is 114 Å². The van der Waals surface area contributed by atoms with Gasteiger partial charge >= 0.3 is 0 Å². The van der Waals surface area contributed by atoms with Gasteiger partial charge in [0.1, 0.15) is 0 Å². The summed E-state index contributed by atoms with van der Waals surface area (Å²) in [6, 6.07) is 67.3. The Morgan fingerprint density at radius 2 is 0.808 bits per heavy atom. The predicted octanol–water partition coefficient (Wildman–Crippen LogP) is 13.6. The molecule has 0 aliphatic carbocycles. The number of nitrogens with zero attached hydrogens (tertiary/aromatic N) is 1. The first-order chi connectivity index (χ1) is 25.7. The topological polar surface area (TPSA) is 12.9 Å². The van der Waals surface area contributed by atoms with Crippen molar-refractivity contribution in [3.63, 3.8) is 0 Å². The third-order valence-corrected chi connectivity index (χ3v) is 9.85. The molecule has 1 heteroatoms. The largest absolute Gasteiger partial charge is 0.256 e. The van der Waals surface area contributed by atoms with Crippen LogP contribution < -0.4 is 0 Å². The van der Waals surface area contributed by atoms with Crippen molar-refractivity contribution in [2.24, 2.45) is 0 Å². The van der Waals surface area contributed by atoms with Crippen LogP contribution in [-0.4, -0.2) is 4.98 Å². The van der Waals surface area contributed by atoms with E-state index in [1.807, 2.05) is 12.3 Å². The molecule has 0 bridgehead atoms. The Labute approximate surface area is 304 Å². The van der Waals surface area contributed by atoms with Crippen LogP contribution >= 0.6 is 0 Å². The first-order valence-corrected chi connectivity index (χ1v) is 17.8. The number of para-hydroxylation sites is 1.